The highest BCUT2D eigenvalue weighted by molar-refractivity contribution is 5.98. The molecule has 0 saturated carbocycles. The van der Waals surface area contributed by atoms with E-state index in [9.17, 15) is 14.9 Å². The number of hydrogen-bond acceptors (Lipinski definition) is 7. The maximum Gasteiger partial charge on any atom is 0.348 e. The van der Waals surface area contributed by atoms with Gasteiger partial charge in [0.2, 0.25) is 0 Å². The van der Waals surface area contributed by atoms with Gasteiger partial charge in [-0.25, -0.2) is 4.79 Å². The van der Waals surface area contributed by atoms with Crippen LogP contribution in [0.25, 0.3) is 17.3 Å². The number of rotatable bonds is 9. The Morgan fingerprint density at radius 1 is 1.28 bits per heavy atom. The molecule has 1 aromatic carbocycles. The van der Waals surface area contributed by atoms with Gasteiger partial charge in [0.1, 0.15) is 11.6 Å². The standard InChI is InChI=1S/C20H21N3O6/c1-4-29-20(26)14(11-21)9-15-12-23(8-7-18(24)25)22-19(15)13-5-6-16(27-2)17(10-13)28-3/h5-6,9-10,12H,4,7-8H2,1-3H3,(H,24,25)/b14-9-. The molecular weight excluding hydrogens is 378 g/mol. The Balaban J connectivity index is 2.56. The first kappa shape index (κ1) is 21.5. The molecule has 2 aromatic rings. The lowest BCUT2D eigenvalue weighted by Crippen LogP contribution is -2.06. The fourth-order valence-corrected chi connectivity index (χ4v) is 2.58. The molecule has 2 rings (SSSR count). The molecule has 29 heavy (non-hydrogen) atoms. The number of aryl methyl sites for hydroxylation is 1. The maximum atomic E-state index is 12.0. The highest BCUT2D eigenvalue weighted by Crippen LogP contribution is 2.33. The van der Waals surface area contributed by atoms with Crippen LogP contribution in [0, 0.1) is 11.3 Å². The van der Waals surface area contributed by atoms with Crippen molar-refractivity contribution in [3.8, 4) is 28.8 Å². The number of carboxylic acids is 1. The van der Waals surface area contributed by atoms with Crippen LogP contribution in [0.15, 0.2) is 30.0 Å². The van der Waals surface area contributed by atoms with Crippen molar-refractivity contribution >= 4 is 18.0 Å². The van der Waals surface area contributed by atoms with E-state index in [0.29, 0.717) is 28.3 Å². The quantitative estimate of drug-likeness (QED) is 0.387. The van der Waals surface area contributed by atoms with E-state index in [2.05, 4.69) is 5.10 Å². The smallest absolute Gasteiger partial charge is 0.348 e. The molecule has 152 valence electrons. The number of carbonyl (C=O) groups is 2. The third-order valence-corrected chi connectivity index (χ3v) is 3.92. The van der Waals surface area contributed by atoms with Gasteiger partial charge in [-0.1, -0.05) is 0 Å². The first-order valence-electron chi connectivity index (χ1n) is 8.74. The lowest BCUT2D eigenvalue weighted by Gasteiger charge is -2.09. The number of benzene rings is 1. The van der Waals surface area contributed by atoms with E-state index in [1.807, 2.05) is 6.07 Å². The zero-order valence-corrected chi connectivity index (χ0v) is 16.3. The summed E-state index contributed by atoms with van der Waals surface area (Å²) in [5.41, 5.74) is 1.37. The van der Waals surface area contributed by atoms with Crippen molar-refractivity contribution in [2.75, 3.05) is 20.8 Å². The van der Waals surface area contributed by atoms with Gasteiger partial charge in [0.15, 0.2) is 11.5 Å². The van der Waals surface area contributed by atoms with Gasteiger partial charge in [0, 0.05) is 17.3 Å². The number of nitrogens with zero attached hydrogens (tertiary/aromatic N) is 3. The summed E-state index contributed by atoms with van der Waals surface area (Å²) in [7, 11) is 3.02. The highest BCUT2D eigenvalue weighted by atomic mass is 16.5. The maximum absolute atomic E-state index is 12.0. The van der Waals surface area contributed by atoms with Crippen LogP contribution in [0.4, 0.5) is 0 Å². The van der Waals surface area contributed by atoms with Gasteiger partial charge in [-0.05, 0) is 31.2 Å². The average molecular weight is 399 g/mol. The molecule has 0 atom stereocenters. The Kier molecular flexibility index (Phi) is 7.37. The molecule has 0 unspecified atom stereocenters. The number of carbonyl (C=O) groups excluding carboxylic acids is 1. The van der Waals surface area contributed by atoms with Crippen molar-refractivity contribution < 1.29 is 28.9 Å². The fraction of sp³-hybridized carbons (Fsp3) is 0.300. The Morgan fingerprint density at radius 2 is 2.00 bits per heavy atom. The summed E-state index contributed by atoms with van der Waals surface area (Å²) in [6, 6.07) is 6.98. The Morgan fingerprint density at radius 3 is 2.59 bits per heavy atom. The third kappa shape index (κ3) is 5.35. The van der Waals surface area contributed by atoms with E-state index in [1.165, 1.54) is 25.0 Å². The van der Waals surface area contributed by atoms with Crippen LogP contribution < -0.4 is 9.47 Å². The van der Waals surface area contributed by atoms with Crippen LogP contribution in [-0.4, -0.2) is 47.7 Å². The minimum atomic E-state index is -0.963. The fourth-order valence-electron chi connectivity index (χ4n) is 2.58. The number of aliphatic carboxylic acids is 1. The van der Waals surface area contributed by atoms with Crippen molar-refractivity contribution in [2.45, 2.75) is 19.9 Å². The summed E-state index contributed by atoms with van der Waals surface area (Å²) < 4.78 is 16.9. The SMILES string of the molecule is CCOC(=O)/C(C#N)=C\c1cn(CCC(=O)O)nc1-c1ccc(OC)c(OC)c1. The Hall–Kier alpha value is -3.80. The van der Waals surface area contributed by atoms with E-state index >= 15 is 0 Å². The van der Waals surface area contributed by atoms with E-state index < -0.39 is 11.9 Å². The number of carboxylic acid groups (broad SMARTS) is 1. The number of ether oxygens (including phenoxy) is 3. The largest absolute Gasteiger partial charge is 0.493 e. The van der Waals surface area contributed by atoms with Crippen LogP contribution in [-0.2, 0) is 20.9 Å². The molecule has 9 nitrogen and oxygen atoms in total. The Labute approximate surface area is 167 Å². The van der Waals surface area contributed by atoms with Crippen molar-refractivity contribution in [2.24, 2.45) is 0 Å². The number of nitriles is 1. The normalized spacial score (nSPS) is 10.9. The molecular formula is C20H21N3O6. The molecule has 1 heterocycles. The summed E-state index contributed by atoms with van der Waals surface area (Å²) in [6.07, 6.45) is 2.82. The number of aromatic nitrogens is 2. The molecule has 1 aromatic heterocycles. The predicted molar refractivity (Wildman–Crippen MR) is 103 cm³/mol. The second kappa shape index (κ2) is 9.94. The zero-order valence-electron chi connectivity index (χ0n) is 16.3. The second-order valence-electron chi connectivity index (χ2n) is 5.80. The second-order valence-corrected chi connectivity index (χ2v) is 5.80. The van der Waals surface area contributed by atoms with Crippen LogP contribution in [0.1, 0.15) is 18.9 Å². The molecule has 0 aliphatic rings. The lowest BCUT2D eigenvalue weighted by molar-refractivity contribution is -0.138. The van der Waals surface area contributed by atoms with Gasteiger partial charge in [0.05, 0.1) is 39.5 Å². The average Bonchev–Trinajstić information content (AvgIpc) is 3.12. The lowest BCUT2D eigenvalue weighted by atomic mass is 10.1. The molecule has 0 saturated heterocycles. The van der Waals surface area contributed by atoms with Gasteiger partial charge < -0.3 is 19.3 Å². The molecule has 0 fully saturated rings. The van der Waals surface area contributed by atoms with Crippen LogP contribution in [0.3, 0.4) is 0 Å². The van der Waals surface area contributed by atoms with Gasteiger partial charge >= 0.3 is 11.9 Å². The molecule has 9 heteroatoms. The van der Waals surface area contributed by atoms with Crippen LogP contribution >= 0.6 is 0 Å². The minimum absolute atomic E-state index is 0.126. The van der Waals surface area contributed by atoms with E-state index in [4.69, 9.17) is 19.3 Å². The van der Waals surface area contributed by atoms with Gasteiger partial charge in [-0.15, -0.1) is 0 Å². The number of methoxy groups -OCH3 is 2. The first-order chi connectivity index (χ1) is 13.9. The summed E-state index contributed by atoms with van der Waals surface area (Å²) in [5, 5.41) is 22.7. The third-order valence-electron chi connectivity index (χ3n) is 3.92. The first-order valence-corrected chi connectivity index (χ1v) is 8.74. The summed E-state index contributed by atoms with van der Waals surface area (Å²) >= 11 is 0. The summed E-state index contributed by atoms with van der Waals surface area (Å²) in [5.74, 6) is -0.699. The molecule has 0 bridgehead atoms. The topological polar surface area (TPSA) is 124 Å². The number of esters is 1. The van der Waals surface area contributed by atoms with Gasteiger partial charge in [-0.2, -0.15) is 10.4 Å². The highest BCUT2D eigenvalue weighted by Gasteiger charge is 2.17. The predicted octanol–water partition coefficient (Wildman–Crippen LogP) is 2.51. The summed E-state index contributed by atoms with van der Waals surface area (Å²) in [4.78, 5) is 22.9. The molecule has 0 radical (unpaired) electrons. The Bertz CT molecular complexity index is 971. The van der Waals surface area contributed by atoms with Crippen LogP contribution in [0.5, 0.6) is 11.5 Å². The van der Waals surface area contributed by atoms with Gasteiger partial charge in [0.25, 0.3) is 0 Å². The van der Waals surface area contributed by atoms with Crippen molar-refractivity contribution in [1.29, 1.82) is 5.26 Å². The number of hydrogen-bond donors (Lipinski definition) is 1. The zero-order chi connectivity index (χ0) is 21.4. The van der Waals surface area contributed by atoms with Gasteiger partial charge in [-0.3, -0.25) is 9.48 Å². The molecule has 0 amide bonds. The molecule has 0 aliphatic carbocycles. The molecule has 1 N–H and O–H groups in total. The molecule has 0 aliphatic heterocycles. The monoisotopic (exact) mass is 399 g/mol. The van der Waals surface area contributed by atoms with E-state index in [1.54, 1.807) is 31.3 Å². The van der Waals surface area contributed by atoms with Crippen molar-refractivity contribution in [3.05, 3.63) is 35.5 Å². The molecule has 0 spiro atoms. The van der Waals surface area contributed by atoms with E-state index in [-0.39, 0.29) is 25.1 Å². The summed E-state index contributed by atoms with van der Waals surface area (Å²) in [6.45, 7) is 1.91. The van der Waals surface area contributed by atoms with Crippen molar-refractivity contribution in [1.82, 2.24) is 9.78 Å². The van der Waals surface area contributed by atoms with Crippen molar-refractivity contribution in [3.63, 3.8) is 0 Å². The van der Waals surface area contributed by atoms with E-state index in [0.717, 1.165) is 0 Å². The minimum Gasteiger partial charge on any atom is -0.493 e. The van der Waals surface area contributed by atoms with Crippen LogP contribution in [0.2, 0.25) is 0 Å².